The Morgan fingerprint density at radius 3 is 2.79 bits per heavy atom. The smallest absolute Gasteiger partial charge is 0.0651 e. The molecule has 2 N–H and O–H groups in total. The summed E-state index contributed by atoms with van der Waals surface area (Å²) in [7, 11) is 0. The monoisotopic (exact) mass is 254 g/mol. The summed E-state index contributed by atoms with van der Waals surface area (Å²) in [5, 5.41) is 11.9. The molecule has 96 valence electrons. The molecule has 0 saturated carbocycles. The van der Waals surface area contributed by atoms with Gasteiger partial charge in [-0.1, -0.05) is 6.07 Å². The van der Waals surface area contributed by atoms with E-state index in [9.17, 15) is 5.11 Å². The van der Waals surface area contributed by atoms with E-state index in [1.807, 2.05) is 12.3 Å². The third kappa shape index (κ3) is 1.44. The van der Waals surface area contributed by atoms with Crippen molar-refractivity contribution in [3.05, 3.63) is 42.2 Å². The van der Waals surface area contributed by atoms with E-state index in [-0.39, 0.29) is 12.0 Å². The SMILES string of the molecule is OCC1(c2ccc3[nH]c4ccncc4c3c2)COC1. The Hall–Kier alpha value is -1.91. The second-order valence-corrected chi connectivity index (χ2v) is 5.24. The number of aromatic nitrogens is 2. The lowest BCUT2D eigenvalue weighted by Gasteiger charge is -2.40. The Labute approximate surface area is 110 Å². The van der Waals surface area contributed by atoms with Gasteiger partial charge in [-0.05, 0) is 23.8 Å². The maximum atomic E-state index is 9.63. The van der Waals surface area contributed by atoms with Crippen LogP contribution < -0.4 is 0 Å². The molecule has 0 atom stereocenters. The van der Waals surface area contributed by atoms with Gasteiger partial charge >= 0.3 is 0 Å². The molecule has 1 aliphatic heterocycles. The number of nitrogens with one attached hydrogen (secondary N) is 1. The van der Waals surface area contributed by atoms with Gasteiger partial charge in [-0.3, -0.25) is 4.98 Å². The molecule has 3 heterocycles. The first-order valence-corrected chi connectivity index (χ1v) is 6.37. The van der Waals surface area contributed by atoms with E-state index in [4.69, 9.17) is 4.74 Å². The van der Waals surface area contributed by atoms with E-state index < -0.39 is 0 Å². The quantitative estimate of drug-likeness (QED) is 0.735. The van der Waals surface area contributed by atoms with Gasteiger partial charge in [0.05, 0.1) is 25.2 Å². The number of H-pyrrole nitrogens is 1. The second kappa shape index (κ2) is 3.79. The van der Waals surface area contributed by atoms with E-state index in [2.05, 4.69) is 28.2 Å². The highest BCUT2D eigenvalue weighted by molar-refractivity contribution is 6.07. The Kier molecular flexibility index (Phi) is 2.19. The van der Waals surface area contributed by atoms with Crippen LogP contribution in [0.25, 0.3) is 21.8 Å². The minimum atomic E-state index is -0.222. The lowest BCUT2D eigenvalue weighted by Crippen LogP contribution is -2.49. The number of aliphatic hydroxyl groups excluding tert-OH is 1. The van der Waals surface area contributed by atoms with Crippen LogP contribution >= 0.6 is 0 Å². The molecule has 1 aromatic carbocycles. The average molecular weight is 254 g/mol. The summed E-state index contributed by atoms with van der Waals surface area (Å²) in [5.74, 6) is 0. The van der Waals surface area contributed by atoms with Gasteiger partial charge in [-0.25, -0.2) is 0 Å². The van der Waals surface area contributed by atoms with Crippen LogP contribution in [0.4, 0.5) is 0 Å². The fourth-order valence-corrected chi connectivity index (χ4v) is 2.77. The Morgan fingerprint density at radius 1 is 1.21 bits per heavy atom. The van der Waals surface area contributed by atoms with Crippen molar-refractivity contribution in [1.82, 2.24) is 9.97 Å². The number of pyridine rings is 1. The van der Waals surface area contributed by atoms with Gasteiger partial charge in [0.15, 0.2) is 0 Å². The number of aromatic amines is 1. The van der Waals surface area contributed by atoms with Crippen LogP contribution in [-0.4, -0.2) is 34.9 Å². The standard InChI is InChI=1S/C15H14N2O2/c18-7-15(8-19-9-15)10-1-2-13-11(5-10)12-6-16-4-3-14(12)17-13/h1-6,17-18H,7-9H2. The molecule has 0 spiro atoms. The molecule has 4 nitrogen and oxygen atoms in total. The molecule has 0 amide bonds. The molecule has 4 heteroatoms. The highest BCUT2D eigenvalue weighted by Crippen LogP contribution is 2.35. The zero-order valence-electron chi connectivity index (χ0n) is 10.4. The minimum Gasteiger partial charge on any atom is -0.395 e. The number of ether oxygens (including phenoxy) is 1. The first kappa shape index (κ1) is 11.0. The zero-order valence-corrected chi connectivity index (χ0v) is 10.4. The lowest BCUT2D eigenvalue weighted by molar-refractivity contribution is -0.0841. The molecule has 1 fully saturated rings. The van der Waals surface area contributed by atoms with Crippen LogP contribution in [0.3, 0.4) is 0 Å². The highest BCUT2D eigenvalue weighted by atomic mass is 16.5. The Balaban J connectivity index is 1.97. The summed E-state index contributed by atoms with van der Waals surface area (Å²) in [4.78, 5) is 7.56. The van der Waals surface area contributed by atoms with Gasteiger partial charge in [0.1, 0.15) is 0 Å². The normalized spacial score (nSPS) is 17.7. The van der Waals surface area contributed by atoms with E-state index in [1.165, 1.54) is 0 Å². The maximum Gasteiger partial charge on any atom is 0.0651 e. The van der Waals surface area contributed by atoms with Crippen molar-refractivity contribution in [2.24, 2.45) is 0 Å². The topological polar surface area (TPSA) is 58.1 Å². The van der Waals surface area contributed by atoms with Crippen molar-refractivity contribution in [1.29, 1.82) is 0 Å². The molecular weight excluding hydrogens is 240 g/mol. The van der Waals surface area contributed by atoms with Crippen LogP contribution in [0, 0.1) is 0 Å². The molecule has 0 bridgehead atoms. The number of rotatable bonds is 2. The third-order valence-electron chi connectivity index (χ3n) is 4.07. The van der Waals surface area contributed by atoms with Crippen LogP contribution in [0.15, 0.2) is 36.7 Å². The first-order chi connectivity index (χ1) is 9.32. The lowest BCUT2D eigenvalue weighted by atomic mass is 9.79. The molecule has 2 aromatic heterocycles. The molecule has 4 rings (SSSR count). The molecule has 0 radical (unpaired) electrons. The van der Waals surface area contributed by atoms with Gasteiger partial charge in [0.2, 0.25) is 0 Å². The molecule has 1 aliphatic rings. The predicted molar refractivity (Wildman–Crippen MR) is 73.2 cm³/mol. The van der Waals surface area contributed by atoms with Crippen LogP contribution in [0.5, 0.6) is 0 Å². The van der Waals surface area contributed by atoms with E-state index in [1.54, 1.807) is 6.20 Å². The fourth-order valence-electron chi connectivity index (χ4n) is 2.77. The Morgan fingerprint density at radius 2 is 2.05 bits per heavy atom. The summed E-state index contributed by atoms with van der Waals surface area (Å²) < 4.78 is 5.28. The van der Waals surface area contributed by atoms with Gasteiger partial charge in [-0.2, -0.15) is 0 Å². The van der Waals surface area contributed by atoms with E-state index >= 15 is 0 Å². The first-order valence-electron chi connectivity index (χ1n) is 6.37. The largest absolute Gasteiger partial charge is 0.395 e. The fraction of sp³-hybridized carbons (Fsp3) is 0.267. The third-order valence-corrected chi connectivity index (χ3v) is 4.07. The number of fused-ring (bicyclic) bond motifs is 3. The predicted octanol–water partition coefficient (Wildman–Crippen LogP) is 1.98. The van der Waals surface area contributed by atoms with E-state index in [0.29, 0.717) is 13.2 Å². The molecule has 0 unspecified atom stereocenters. The van der Waals surface area contributed by atoms with Crippen molar-refractivity contribution in [3.63, 3.8) is 0 Å². The van der Waals surface area contributed by atoms with E-state index in [0.717, 1.165) is 27.4 Å². The summed E-state index contributed by atoms with van der Waals surface area (Å²) in [5.41, 5.74) is 3.10. The Bertz CT molecular complexity index is 754. The van der Waals surface area contributed by atoms with Crippen molar-refractivity contribution >= 4 is 21.8 Å². The molecule has 19 heavy (non-hydrogen) atoms. The second-order valence-electron chi connectivity index (χ2n) is 5.24. The summed E-state index contributed by atoms with van der Waals surface area (Å²) in [6.45, 7) is 1.31. The van der Waals surface area contributed by atoms with Crippen molar-refractivity contribution < 1.29 is 9.84 Å². The number of hydrogen-bond donors (Lipinski definition) is 2. The molecule has 0 aliphatic carbocycles. The molecular formula is C15H14N2O2. The van der Waals surface area contributed by atoms with Gasteiger partial charge in [-0.15, -0.1) is 0 Å². The number of hydrogen-bond acceptors (Lipinski definition) is 3. The molecule has 3 aromatic rings. The highest BCUT2D eigenvalue weighted by Gasteiger charge is 2.39. The van der Waals surface area contributed by atoms with Gasteiger partial charge in [0, 0.05) is 34.2 Å². The van der Waals surface area contributed by atoms with Gasteiger partial charge < -0.3 is 14.8 Å². The van der Waals surface area contributed by atoms with Crippen molar-refractivity contribution in [3.8, 4) is 0 Å². The van der Waals surface area contributed by atoms with Gasteiger partial charge in [0.25, 0.3) is 0 Å². The minimum absolute atomic E-state index is 0.124. The number of nitrogens with zero attached hydrogens (tertiary/aromatic N) is 1. The van der Waals surface area contributed by atoms with Crippen molar-refractivity contribution in [2.45, 2.75) is 5.41 Å². The number of benzene rings is 1. The van der Waals surface area contributed by atoms with Crippen LogP contribution in [0.2, 0.25) is 0 Å². The average Bonchev–Trinajstić information content (AvgIpc) is 2.76. The van der Waals surface area contributed by atoms with Crippen molar-refractivity contribution in [2.75, 3.05) is 19.8 Å². The maximum absolute atomic E-state index is 9.63. The summed E-state index contributed by atoms with van der Waals surface area (Å²) >= 11 is 0. The van der Waals surface area contributed by atoms with Crippen LogP contribution in [0.1, 0.15) is 5.56 Å². The summed E-state index contributed by atoms with van der Waals surface area (Å²) in [6.07, 6.45) is 3.66. The zero-order chi connectivity index (χ0) is 12.9. The number of aliphatic hydroxyl groups is 1. The summed E-state index contributed by atoms with van der Waals surface area (Å²) in [6, 6.07) is 8.27. The molecule has 1 saturated heterocycles. The van der Waals surface area contributed by atoms with Crippen LogP contribution in [-0.2, 0) is 10.2 Å².